The van der Waals surface area contributed by atoms with Gasteiger partial charge in [-0.05, 0) is 33.2 Å². The maximum atomic E-state index is 4.69. The minimum atomic E-state index is 0.361. The van der Waals surface area contributed by atoms with Gasteiger partial charge in [-0.3, -0.25) is 0 Å². The van der Waals surface area contributed by atoms with E-state index in [1.165, 1.54) is 43.2 Å². The van der Waals surface area contributed by atoms with Gasteiger partial charge in [-0.25, -0.2) is 4.98 Å². The van der Waals surface area contributed by atoms with Crippen molar-refractivity contribution in [2.24, 2.45) is 0 Å². The van der Waals surface area contributed by atoms with Crippen LogP contribution in [-0.2, 0) is 0 Å². The molecule has 3 nitrogen and oxygen atoms in total. The Hall–Kier alpha value is -0.610. The minimum Gasteiger partial charge on any atom is -0.348 e. The molecule has 0 saturated carbocycles. The zero-order chi connectivity index (χ0) is 10.7. The monoisotopic (exact) mass is 225 g/mol. The van der Waals surface area contributed by atoms with Crippen molar-refractivity contribution >= 4 is 16.5 Å². The van der Waals surface area contributed by atoms with Gasteiger partial charge in [0.15, 0.2) is 5.13 Å². The van der Waals surface area contributed by atoms with E-state index in [9.17, 15) is 0 Å². The van der Waals surface area contributed by atoms with Crippen LogP contribution in [0, 0.1) is 0 Å². The molecule has 2 heterocycles. The molecule has 1 N–H and O–H groups in total. The molecule has 4 heteroatoms. The van der Waals surface area contributed by atoms with Crippen LogP contribution >= 0.6 is 11.3 Å². The van der Waals surface area contributed by atoms with Crippen LogP contribution in [0.15, 0.2) is 5.38 Å². The van der Waals surface area contributed by atoms with Crippen molar-refractivity contribution in [3.63, 3.8) is 0 Å². The molecule has 84 valence electrons. The Labute approximate surface area is 95.5 Å². The number of hydrogen-bond donors (Lipinski definition) is 1. The molecular weight excluding hydrogens is 206 g/mol. The van der Waals surface area contributed by atoms with Gasteiger partial charge in [0.2, 0.25) is 0 Å². The van der Waals surface area contributed by atoms with Gasteiger partial charge in [0.25, 0.3) is 0 Å². The summed E-state index contributed by atoms with van der Waals surface area (Å²) in [5.41, 5.74) is 1.17. The Morgan fingerprint density at radius 1 is 1.40 bits per heavy atom. The van der Waals surface area contributed by atoms with Crippen molar-refractivity contribution in [1.29, 1.82) is 0 Å². The van der Waals surface area contributed by atoms with Gasteiger partial charge in [-0.2, -0.15) is 0 Å². The quantitative estimate of drug-likeness (QED) is 0.856. The Morgan fingerprint density at radius 3 is 2.80 bits per heavy atom. The lowest BCUT2D eigenvalue weighted by Crippen LogP contribution is -2.29. The lowest BCUT2D eigenvalue weighted by Gasteiger charge is -2.25. The lowest BCUT2D eigenvalue weighted by molar-refractivity contribution is 0.574. The topological polar surface area (TPSA) is 28.2 Å². The van der Waals surface area contributed by atoms with Gasteiger partial charge >= 0.3 is 0 Å². The Bertz CT molecular complexity index is 305. The van der Waals surface area contributed by atoms with Crippen molar-refractivity contribution in [1.82, 2.24) is 10.3 Å². The first-order valence-electron chi connectivity index (χ1n) is 5.69. The molecule has 1 aromatic rings. The first-order chi connectivity index (χ1) is 7.31. The van der Waals surface area contributed by atoms with Crippen molar-refractivity contribution in [3.8, 4) is 0 Å². The standard InChI is InChI=1S/C11H19N3S/c1-9(12-2)10-8-15-11(13-10)14-6-4-3-5-7-14/h8-9,12H,3-7H2,1-2H3. The second-order valence-electron chi connectivity index (χ2n) is 4.11. The van der Waals surface area contributed by atoms with Crippen molar-refractivity contribution in [2.45, 2.75) is 32.2 Å². The molecule has 1 aliphatic rings. The number of nitrogens with zero attached hydrogens (tertiary/aromatic N) is 2. The summed E-state index contributed by atoms with van der Waals surface area (Å²) in [6.45, 7) is 4.51. The van der Waals surface area contributed by atoms with Crippen LogP contribution in [0.3, 0.4) is 0 Å². The van der Waals surface area contributed by atoms with Crippen LogP contribution in [0.25, 0.3) is 0 Å². The summed E-state index contributed by atoms with van der Waals surface area (Å²) in [6.07, 6.45) is 4.01. The summed E-state index contributed by atoms with van der Waals surface area (Å²) >= 11 is 1.77. The fourth-order valence-electron chi connectivity index (χ4n) is 1.85. The molecule has 0 aliphatic carbocycles. The SMILES string of the molecule is CNC(C)c1csc(N2CCCCC2)n1. The fraction of sp³-hybridized carbons (Fsp3) is 0.727. The van der Waals surface area contributed by atoms with E-state index in [4.69, 9.17) is 0 Å². The third-order valence-corrected chi connectivity index (χ3v) is 3.93. The zero-order valence-corrected chi connectivity index (χ0v) is 10.3. The zero-order valence-electron chi connectivity index (χ0n) is 9.49. The first-order valence-corrected chi connectivity index (χ1v) is 6.57. The highest BCUT2D eigenvalue weighted by Crippen LogP contribution is 2.26. The van der Waals surface area contributed by atoms with Gasteiger partial charge in [-0.1, -0.05) is 0 Å². The van der Waals surface area contributed by atoms with E-state index >= 15 is 0 Å². The number of hydrogen-bond acceptors (Lipinski definition) is 4. The summed E-state index contributed by atoms with van der Waals surface area (Å²) in [6, 6.07) is 0.361. The molecule has 0 bridgehead atoms. The van der Waals surface area contributed by atoms with Crippen LogP contribution in [0.1, 0.15) is 37.9 Å². The molecule has 1 unspecified atom stereocenters. The molecule has 0 spiro atoms. The summed E-state index contributed by atoms with van der Waals surface area (Å²) in [5.74, 6) is 0. The van der Waals surface area contributed by atoms with Crippen LogP contribution in [0.5, 0.6) is 0 Å². The molecule has 1 saturated heterocycles. The molecule has 1 atom stereocenters. The molecule has 0 radical (unpaired) electrons. The fourth-order valence-corrected chi connectivity index (χ4v) is 2.83. The van der Waals surface area contributed by atoms with E-state index < -0.39 is 0 Å². The van der Waals surface area contributed by atoms with Crippen LogP contribution in [0.2, 0.25) is 0 Å². The maximum absolute atomic E-state index is 4.69. The third kappa shape index (κ3) is 2.49. The smallest absolute Gasteiger partial charge is 0.185 e. The van der Waals surface area contributed by atoms with Crippen LogP contribution in [0.4, 0.5) is 5.13 Å². The minimum absolute atomic E-state index is 0.361. The average molecular weight is 225 g/mol. The summed E-state index contributed by atoms with van der Waals surface area (Å²) in [4.78, 5) is 7.10. The number of rotatable bonds is 3. The molecule has 1 fully saturated rings. The molecule has 0 amide bonds. The van der Waals surface area contributed by atoms with Crippen molar-refractivity contribution in [3.05, 3.63) is 11.1 Å². The highest BCUT2D eigenvalue weighted by atomic mass is 32.1. The molecule has 1 aromatic heterocycles. The third-order valence-electron chi connectivity index (χ3n) is 3.01. The second-order valence-corrected chi connectivity index (χ2v) is 4.95. The first kappa shape index (κ1) is 10.9. The van der Waals surface area contributed by atoms with E-state index in [2.05, 4.69) is 27.5 Å². The van der Waals surface area contributed by atoms with E-state index in [1.807, 2.05) is 7.05 Å². The van der Waals surface area contributed by atoms with Crippen LogP contribution < -0.4 is 10.2 Å². The second kappa shape index (κ2) is 4.94. The molecular formula is C11H19N3S. The van der Waals surface area contributed by atoms with E-state index in [0.717, 1.165) is 0 Å². The molecule has 0 aromatic carbocycles. The maximum Gasteiger partial charge on any atom is 0.185 e. The summed E-state index contributed by atoms with van der Waals surface area (Å²) in [7, 11) is 1.98. The van der Waals surface area contributed by atoms with Gasteiger partial charge in [0.1, 0.15) is 0 Å². The number of nitrogens with one attached hydrogen (secondary N) is 1. The largest absolute Gasteiger partial charge is 0.348 e. The summed E-state index contributed by atoms with van der Waals surface area (Å²) in [5, 5.41) is 6.60. The van der Waals surface area contributed by atoms with Gasteiger partial charge in [0.05, 0.1) is 5.69 Å². The summed E-state index contributed by atoms with van der Waals surface area (Å²) < 4.78 is 0. The van der Waals surface area contributed by atoms with Crippen molar-refractivity contribution < 1.29 is 0 Å². The van der Waals surface area contributed by atoms with Gasteiger partial charge in [-0.15, -0.1) is 11.3 Å². The number of anilines is 1. The van der Waals surface area contributed by atoms with Crippen molar-refractivity contribution in [2.75, 3.05) is 25.0 Å². The number of thiazole rings is 1. The lowest BCUT2D eigenvalue weighted by atomic mass is 10.1. The average Bonchev–Trinajstić information content (AvgIpc) is 2.78. The van der Waals surface area contributed by atoms with E-state index in [1.54, 1.807) is 11.3 Å². The molecule has 1 aliphatic heterocycles. The Kier molecular flexibility index (Phi) is 3.59. The van der Waals surface area contributed by atoms with Crippen LogP contribution in [-0.4, -0.2) is 25.1 Å². The highest BCUT2D eigenvalue weighted by molar-refractivity contribution is 7.13. The normalized spacial score (nSPS) is 19.2. The highest BCUT2D eigenvalue weighted by Gasteiger charge is 2.15. The number of piperidine rings is 1. The van der Waals surface area contributed by atoms with Gasteiger partial charge < -0.3 is 10.2 Å². The Balaban J connectivity index is 2.05. The molecule has 2 rings (SSSR count). The Morgan fingerprint density at radius 2 is 2.13 bits per heavy atom. The number of aromatic nitrogens is 1. The predicted molar refractivity (Wildman–Crippen MR) is 65.7 cm³/mol. The van der Waals surface area contributed by atoms with Gasteiger partial charge in [0, 0.05) is 24.5 Å². The molecule has 15 heavy (non-hydrogen) atoms. The predicted octanol–water partition coefficient (Wildman–Crippen LogP) is 2.41. The van der Waals surface area contributed by atoms with E-state index in [0.29, 0.717) is 6.04 Å². The van der Waals surface area contributed by atoms with E-state index in [-0.39, 0.29) is 0 Å².